The SMILES string of the molecule is CC(C)c1ccn(O)c1C(=O)O. The molecule has 0 unspecified atom stereocenters. The highest BCUT2D eigenvalue weighted by Gasteiger charge is 2.17. The van der Waals surface area contributed by atoms with Crippen molar-refractivity contribution in [2.45, 2.75) is 19.8 Å². The molecule has 0 aromatic carbocycles. The number of aromatic carboxylic acids is 1. The van der Waals surface area contributed by atoms with Crippen LogP contribution in [0.2, 0.25) is 0 Å². The minimum Gasteiger partial charge on any atom is -0.476 e. The van der Waals surface area contributed by atoms with Gasteiger partial charge in [0.1, 0.15) is 0 Å². The normalized spacial score (nSPS) is 10.6. The molecule has 4 nitrogen and oxygen atoms in total. The van der Waals surface area contributed by atoms with Gasteiger partial charge in [-0.2, -0.15) is 4.73 Å². The highest BCUT2D eigenvalue weighted by atomic mass is 16.5. The van der Waals surface area contributed by atoms with E-state index in [1.165, 1.54) is 6.20 Å². The lowest BCUT2D eigenvalue weighted by Gasteiger charge is -2.03. The first-order valence-electron chi connectivity index (χ1n) is 3.67. The van der Waals surface area contributed by atoms with Crippen molar-refractivity contribution < 1.29 is 15.1 Å². The molecule has 1 aromatic heterocycles. The van der Waals surface area contributed by atoms with Gasteiger partial charge in [-0.25, -0.2) is 4.79 Å². The van der Waals surface area contributed by atoms with Crippen molar-refractivity contribution in [3.63, 3.8) is 0 Å². The molecule has 0 atom stereocenters. The molecule has 4 heteroatoms. The molecule has 0 aliphatic heterocycles. The second kappa shape index (κ2) is 2.89. The summed E-state index contributed by atoms with van der Waals surface area (Å²) < 4.78 is 0.637. The van der Waals surface area contributed by atoms with Crippen LogP contribution in [0.3, 0.4) is 0 Å². The van der Waals surface area contributed by atoms with Crippen LogP contribution in [0.15, 0.2) is 12.3 Å². The molecule has 0 saturated carbocycles. The predicted octanol–water partition coefficient (Wildman–Crippen LogP) is 1.55. The number of carbonyl (C=O) groups is 1. The summed E-state index contributed by atoms with van der Waals surface area (Å²) in [5, 5.41) is 17.8. The molecule has 66 valence electrons. The van der Waals surface area contributed by atoms with Crippen molar-refractivity contribution in [2.75, 3.05) is 0 Å². The summed E-state index contributed by atoms with van der Waals surface area (Å²) in [6.07, 6.45) is 1.33. The first kappa shape index (κ1) is 8.64. The maximum absolute atomic E-state index is 10.6. The van der Waals surface area contributed by atoms with Gasteiger partial charge in [0.05, 0.1) is 0 Å². The van der Waals surface area contributed by atoms with E-state index < -0.39 is 5.97 Å². The van der Waals surface area contributed by atoms with E-state index in [1.807, 2.05) is 13.8 Å². The van der Waals surface area contributed by atoms with Crippen LogP contribution in [-0.2, 0) is 0 Å². The van der Waals surface area contributed by atoms with E-state index in [2.05, 4.69) is 0 Å². The second-order valence-electron chi connectivity index (χ2n) is 2.92. The smallest absolute Gasteiger partial charge is 0.356 e. The lowest BCUT2D eigenvalue weighted by molar-refractivity contribution is 0.0642. The fraction of sp³-hybridized carbons (Fsp3) is 0.375. The van der Waals surface area contributed by atoms with Crippen LogP contribution in [0.5, 0.6) is 0 Å². The molecule has 2 N–H and O–H groups in total. The van der Waals surface area contributed by atoms with Crippen LogP contribution in [0.1, 0.15) is 35.8 Å². The monoisotopic (exact) mass is 169 g/mol. The summed E-state index contributed by atoms with van der Waals surface area (Å²) in [4.78, 5) is 10.6. The fourth-order valence-electron chi connectivity index (χ4n) is 1.12. The molecule has 0 amide bonds. The van der Waals surface area contributed by atoms with Crippen molar-refractivity contribution in [3.05, 3.63) is 23.5 Å². The van der Waals surface area contributed by atoms with Gasteiger partial charge < -0.3 is 10.3 Å². The summed E-state index contributed by atoms with van der Waals surface area (Å²) in [6.45, 7) is 3.75. The molecule has 1 rings (SSSR count). The molecule has 1 heterocycles. The van der Waals surface area contributed by atoms with Crippen molar-refractivity contribution in [3.8, 4) is 0 Å². The van der Waals surface area contributed by atoms with Crippen molar-refractivity contribution in [2.24, 2.45) is 0 Å². The zero-order valence-electron chi connectivity index (χ0n) is 6.98. The summed E-state index contributed by atoms with van der Waals surface area (Å²) >= 11 is 0. The van der Waals surface area contributed by atoms with E-state index in [0.29, 0.717) is 10.3 Å². The van der Waals surface area contributed by atoms with E-state index >= 15 is 0 Å². The molecule has 0 saturated heterocycles. The van der Waals surface area contributed by atoms with E-state index in [0.717, 1.165) is 0 Å². The molecule has 12 heavy (non-hydrogen) atoms. The molecule has 0 aliphatic carbocycles. The van der Waals surface area contributed by atoms with E-state index in [9.17, 15) is 4.79 Å². The maximum atomic E-state index is 10.6. The fourth-order valence-corrected chi connectivity index (χ4v) is 1.12. The number of hydrogen-bond acceptors (Lipinski definition) is 2. The zero-order chi connectivity index (χ0) is 9.30. The molecule has 0 aliphatic rings. The quantitative estimate of drug-likeness (QED) is 0.660. The standard InChI is InChI=1S/C8H11NO3/c1-5(2)6-3-4-9(12)7(6)8(10)11/h3-5,12H,1-2H3,(H,10,11). The van der Waals surface area contributed by atoms with Gasteiger partial charge in [-0.3, -0.25) is 0 Å². The van der Waals surface area contributed by atoms with Crippen molar-refractivity contribution in [1.82, 2.24) is 4.73 Å². The molecule has 0 bridgehead atoms. The number of rotatable bonds is 2. The Kier molecular flexibility index (Phi) is 2.08. The number of nitrogens with zero attached hydrogens (tertiary/aromatic N) is 1. The molecular weight excluding hydrogens is 158 g/mol. The van der Waals surface area contributed by atoms with Crippen LogP contribution >= 0.6 is 0 Å². The Morgan fingerprint density at radius 2 is 2.17 bits per heavy atom. The minimum atomic E-state index is -1.11. The Hall–Kier alpha value is -1.45. The Balaban J connectivity index is 3.21. The van der Waals surface area contributed by atoms with Gasteiger partial charge in [0.25, 0.3) is 0 Å². The van der Waals surface area contributed by atoms with Crippen LogP contribution in [-0.4, -0.2) is 21.0 Å². The first-order valence-corrected chi connectivity index (χ1v) is 3.67. The van der Waals surface area contributed by atoms with Crippen molar-refractivity contribution in [1.29, 1.82) is 0 Å². The largest absolute Gasteiger partial charge is 0.476 e. The van der Waals surface area contributed by atoms with Crippen LogP contribution in [0.25, 0.3) is 0 Å². The van der Waals surface area contributed by atoms with Crippen molar-refractivity contribution >= 4 is 5.97 Å². The summed E-state index contributed by atoms with van der Waals surface area (Å²) in [5.74, 6) is -1.00. The highest BCUT2D eigenvalue weighted by molar-refractivity contribution is 5.87. The van der Waals surface area contributed by atoms with Gasteiger partial charge in [-0.15, -0.1) is 0 Å². The number of carboxylic acids is 1. The number of hydrogen-bond donors (Lipinski definition) is 2. The Bertz CT molecular complexity index is 301. The van der Waals surface area contributed by atoms with Crippen LogP contribution in [0.4, 0.5) is 0 Å². The third-order valence-corrected chi connectivity index (χ3v) is 1.72. The highest BCUT2D eigenvalue weighted by Crippen LogP contribution is 2.19. The molecule has 0 radical (unpaired) electrons. The minimum absolute atomic E-state index is 0.0509. The van der Waals surface area contributed by atoms with E-state index in [4.69, 9.17) is 10.3 Å². The maximum Gasteiger partial charge on any atom is 0.356 e. The molecule has 0 spiro atoms. The van der Waals surface area contributed by atoms with E-state index in [-0.39, 0.29) is 11.6 Å². The lowest BCUT2D eigenvalue weighted by Crippen LogP contribution is -2.08. The predicted molar refractivity (Wildman–Crippen MR) is 42.7 cm³/mol. The number of carboxylic acid groups (broad SMARTS) is 1. The third-order valence-electron chi connectivity index (χ3n) is 1.72. The van der Waals surface area contributed by atoms with Crippen LogP contribution in [0, 0.1) is 0 Å². The average Bonchev–Trinajstić information content (AvgIpc) is 2.30. The summed E-state index contributed by atoms with van der Waals surface area (Å²) in [6, 6.07) is 1.61. The third kappa shape index (κ3) is 1.28. The van der Waals surface area contributed by atoms with Gasteiger partial charge in [-0.05, 0) is 17.5 Å². The van der Waals surface area contributed by atoms with Gasteiger partial charge in [0.15, 0.2) is 5.69 Å². The first-order chi connectivity index (χ1) is 5.54. The second-order valence-corrected chi connectivity index (χ2v) is 2.92. The van der Waals surface area contributed by atoms with E-state index in [1.54, 1.807) is 6.07 Å². The lowest BCUT2D eigenvalue weighted by atomic mass is 10.0. The van der Waals surface area contributed by atoms with Gasteiger partial charge in [-0.1, -0.05) is 13.8 Å². The molecular formula is C8H11NO3. The molecule has 1 aromatic rings. The topological polar surface area (TPSA) is 62.5 Å². The average molecular weight is 169 g/mol. The Morgan fingerprint density at radius 3 is 2.50 bits per heavy atom. The van der Waals surface area contributed by atoms with Gasteiger partial charge in [0, 0.05) is 6.20 Å². The Labute approximate surface area is 70.0 Å². The van der Waals surface area contributed by atoms with Gasteiger partial charge >= 0.3 is 5.97 Å². The summed E-state index contributed by atoms with van der Waals surface area (Å²) in [5.41, 5.74) is 0.593. The molecule has 0 fully saturated rings. The van der Waals surface area contributed by atoms with Crippen LogP contribution < -0.4 is 0 Å². The summed E-state index contributed by atoms with van der Waals surface area (Å²) in [7, 11) is 0. The number of aromatic nitrogens is 1. The Morgan fingerprint density at radius 1 is 1.58 bits per heavy atom. The van der Waals surface area contributed by atoms with Gasteiger partial charge in [0.2, 0.25) is 0 Å². The zero-order valence-corrected chi connectivity index (χ0v) is 6.98.